The molecule has 0 unspecified atom stereocenters. The maximum Gasteiger partial charge on any atom is 0.573 e. The molecule has 1 aromatic carbocycles. The molecule has 2 atom stereocenters. The monoisotopic (exact) mass is 384 g/mol. The Labute approximate surface area is 117 Å². The lowest BCUT2D eigenvalue weighted by Gasteiger charge is -2.17. The number of rotatable bonds is 1. The number of hydrogen-bond donors (Lipinski definition) is 0. The Morgan fingerprint density at radius 2 is 1.78 bits per heavy atom. The third-order valence-corrected chi connectivity index (χ3v) is 5.05. The smallest absolute Gasteiger partial charge is 0.405 e. The van der Waals surface area contributed by atoms with Gasteiger partial charge in [0, 0.05) is 14.5 Å². The van der Waals surface area contributed by atoms with Crippen molar-refractivity contribution >= 4 is 31.9 Å². The van der Waals surface area contributed by atoms with Crippen molar-refractivity contribution in [3.8, 4) is 5.75 Å². The predicted octanol–water partition coefficient (Wildman–Crippen LogP) is 4.71. The highest BCUT2D eigenvalue weighted by molar-refractivity contribution is 9.14. The summed E-state index contributed by atoms with van der Waals surface area (Å²) < 4.78 is 48.2. The second kappa shape index (κ2) is 3.98. The molecule has 1 aromatic rings. The molecule has 0 saturated heterocycles. The Balaban J connectivity index is 2.08. The molecule has 18 heavy (non-hydrogen) atoms. The van der Waals surface area contributed by atoms with Gasteiger partial charge in [-0.25, -0.2) is 0 Å². The molecule has 0 saturated carbocycles. The number of benzene rings is 1. The molecular formula is C11H5Br2F3O2. The number of fused-ring (bicyclic) bond motifs is 5. The van der Waals surface area contributed by atoms with Crippen molar-refractivity contribution in [3.05, 3.63) is 38.3 Å². The zero-order valence-corrected chi connectivity index (χ0v) is 11.8. The first-order chi connectivity index (χ1) is 8.38. The molecule has 3 rings (SSSR count). The van der Waals surface area contributed by atoms with Crippen molar-refractivity contribution in [2.75, 3.05) is 0 Å². The van der Waals surface area contributed by atoms with E-state index in [-0.39, 0.29) is 11.9 Å². The third-order valence-electron chi connectivity index (χ3n) is 2.83. The first-order valence-electron chi connectivity index (χ1n) is 4.97. The zero-order valence-electron chi connectivity index (χ0n) is 8.59. The van der Waals surface area contributed by atoms with Gasteiger partial charge >= 0.3 is 6.36 Å². The maximum atomic E-state index is 12.3. The minimum Gasteiger partial charge on any atom is -0.405 e. The zero-order chi connectivity index (χ0) is 13.1. The Morgan fingerprint density at radius 1 is 1.11 bits per heavy atom. The van der Waals surface area contributed by atoms with Gasteiger partial charge in [0.2, 0.25) is 0 Å². The van der Waals surface area contributed by atoms with Crippen LogP contribution in [0.15, 0.2) is 27.2 Å². The van der Waals surface area contributed by atoms with E-state index in [1.54, 1.807) is 6.07 Å². The summed E-state index contributed by atoms with van der Waals surface area (Å²) in [6.07, 6.45) is -5.58. The number of hydrogen-bond acceptors (Lipinski definition) is 2. The highest BCUT2D eigenvalue weighted by Crippen LogP contribution is 2.59. The Hall–Kier alpha value is -0.530. The topological polar surface area (TPSA) is 18.5 Å². The van der Waals surface area contributed by atoms with E-state index in [2.05, 4.69) is 36.6 Å². The number of ether oxygens (including phenoxy) is 2. The van der Waals surface area contributed by atoms with Crippen molar-refractivity contribution in [1.29, 1.82) is 0 Å². The molecule has 2 nitrogen and oxygen atoms in total. The van der Waals surface area contributed by atoms with Gasteiger partial charge in [-0.1, -0.05) is 44.0 Å². The standard InChI is InChI=1S/C11H5Br2F3O2/c12-7-8(13)10-6-4(9(7)17-10)2-1-3-5(6)18-11(14,15)16/h1-3,9-10H/t9-,10-/m1/s1. The lowest BCUT2D eigenvalue weighted by atomic mass is 9.96. The molecule has 0 radical (unpaired) electrons. The van der Waals surface area contributed by atoms with Crippen molar-refractivity contribution in [2.24, 2.45) is 0 Å². The minimum absolute atomic E-state index is 0.204. The molecule has 2 aliphatic rings. The Bertz CT molecular complexity index is 554. The highest BCUT2D eigenvalue weighted by Gasteiger charge is 2.46. The first kappa shape index (κ1) is 12.5. The highest BCUT2D eigenvalue weighted by atomic mass is 79.9. The number of halogens is 5. The summed E-state index contributed by atoms with van der Waals surface area (Å²) in [5.74, 6) is -0.204. The molecule has 0 amide bonds. The molecule has 0 spiro atoms. The van der Waals surface area contributed by atoms with Gasteiger partial charge in [-0.05, 0) is 11.6 Å². The molecule has 0 aromatic heterocycles. The van der Waals surface area contributed by atoms with Gasteiger partial charge in [0.05, 0.1) is 0 Å². The number of alkyl halides is 3. The molecule has 7 heteroatoms. The van der Waals surface area contributed by atoms with Crippen LogP contribution in [0, 0.1) is 0 Å². The Kier molecular flexibility index (Phi) is 2.76. The van der Waals surface area contributed by atoms with Gasteiger partial charge in [0.15, 0.2) is 0 Å². The minimum atomic E-state index is -4.70. The predicted molar refractivity (Wildman–Crippen MR) is 64.6 cm³/mol. The second-order valence-corrected chi connectivity index (χ2v) is 5.61. The molecule has 2 heterocycles. The van der Waals surface area contributed by atoms with Gasteiger partial charge in [0.25, 0.3) is 0 Å². The van der Waals surface area contributed by atoms with Crippen LogP contribution in [0.25, 0.3) is 0 Å². The van der Waals surface area contributed by atoms with Crippen LogP contribution in [0.1, 0.15) is 23.3 Å². The average molecular weight is 386 g/mol. The van der Waals surface area contributed by atoms with Crippen LogP contribution in [0.4, 0.5) is 13.2 Å². The van der Waals surface area contributed by atoms with E-state index in [1.807, 2.05) is 0 Å². The van der Waals surface area contributed by atoms with Gasteiger partial charge in [-0.3, -0.25) is 0 Å². The van der Waals surface area contributed by atoms with Crippen LogP contribution in [-0.4, -0.2) is 6.36 Å². The largest absolute Gasteiger partial charge is 0.573 e. The second-order valence-electron chi connectivity index (χ2n) is 3.90. The summed E-state index contributed by atoms with van der Waals surface area (Å²) in [6, 6.07) is 4.56. The van der Waals surface area contributed by atoms with E-state index in [0.717, 1.165) is 4.48 Å². The van der Waals surface area contributed by atoms with E-state index in [1.165, 1.54) is 12.1 Å². The van der Waals surface area contributed by atoms with Crippen LogP contribution in [-0.2, 0) is 4.74 Å². The fourth-order valence-corrected chi connectivity index (χ4v) is 3.30. The molecular weight excluding hydrogens is 381 g/mol. The molecule has 2 aliphatic heterocycles. The summed E-state index contributed by atoms with van der Waals surface area (Å²) in [5.41, 5.74) is 1.15. The lowest BCUT2D eigenvalue weighted by molar-refractivity contribution is -0.275. The van der Waals surface area contributed by atoms with E-state index in [4.69, 9.17) is 4.74 Å². The fraction of sp³-hybridized carbons (Fsp3) is 0.273. The van der Waals surface area contributed by atoms with Crippen LogP contribution >= 0.6 is 31.9 Å². The van der Waals surface area contributed by atoms with Crippen LogP contribution < -0.4 is 4.74 Å². The van der Waals surface area contributed by atoms with Gasteiger partial charge in [0.1, 0.15) is 18.0 Å². The van der Waals surface area contributed by atoms with Gasteiger partial charge < -0.3 is 9.47 Å². The van der Waals surface area contributed by atoms with Crippen LogP contribution in [0.3, 0.4) is 0 Å². The third kappa shape index (κ3) is 1.80. The Morgan fingerprint density at radius 3 is 2.44 bits per heavy atom. The molecule has 0 fully saturated rings. The molecule has 0 aliphatic carbocycles. The SMILES string of the molecule is FC(F)(F)Oc1cccc2c1[C@H]1O[C@H]2C(Br)=C1Br. The lowest BCUT2D eigenvalue weighted by Crippen LogP contribution is -2.18. The van der Waals surface area contributed by atoms with Crippen LogP contribution in [0.2, 0.25) is 0 Å². The fourth-order valence-electron chi connectivity index (χ4n) is 2.19. The normalized spacial score (nSPS) is 25.6. The first-order valence-corrected chi connectivity index (χ1v) is 6.56. The summed E-state index contributed by atoms with van der Waals surface area (Å²) in [7, 11) is 0. The summed E-state index contributed by atoms with van der Waals surface area (Å²) in [5, 5.41) is 0. The van der Waals surface area contributed by atoms with Crippen molar-refractivity contribution in [2.45, 2.75) is 18.6 Å². The van der Waals surface area contributed by atoms with Crippen molar-refractivity contribution in [3.63, 3.8) is 0 Å². The molecule has 96 valence electrons. The van der Waals surface area contributed by atoms with E-state index in [0.29, 0.717) is 15.6 Å². The average Bonchev–Trinajstić information content (AvgIpc) is 2.76. The van der Waals surface area contributed by atoms with Crippen molar-refractivity contribution < 1.29 is 22.6 Å². The maximum absolute atomic E-state index is 12.3. The van der Waals surface area contributed by atoms with Gasteiger partial charge in [-0.2, -0.15) is 0 Å². The summed E-state index contributed by atoms with van der Waals surface area (Å²) in [4.78, 5) is 0. The molecule has 0 N–H and O–H groups in total. The van der Waals surface area contributed by atoms with Gasteiger partial charge in [-0.15, -0.1) is 13.2 Å². The van der Waals surface area contributed by atoms with E-state index in [9.17, 15) is 13.2 Å². The van der Waals surface area contributed by atoms with Crippen LogP contribution in [0.5, 0.6) is 5.75 Å². The van der Waals surface area contributed by atoms with E-state index >= 15 is 0 Å². The summed E-state index contributed by atoms with van der Waals surface area (Å²) in [6.45, 7) is 0. The summed E-state index contributed by atoms with van der Waals surface area (Å²) >= 11 is 6.68. The quantitative estimate of drug-likeness (QED) is 0.696. The van der Waals surface area contributed by atoms with E-state index < -0.39 is 12.5 Å². The van der Waals surface area contributed by atoms with Crippen molar-refractivity contribution in [1.82, 2.24) is 0 Å². The molecule has 2 bridgehead atoms.